The molecule has 8 heteroatoms. The summed E-state index contributed by atoms with van der Waals surface area (Å²) in [6.07, 6.45) is 2.41. The Morgan fingerprint density at radius 3 is 2.54 bits per heavy atom. The van der Waals surface area contributed by atoms with Crippen molar-refractivity contribution in [3.05, 3.63) is 81.8 Å². The number of nitrogens with zero attached hydrogens (tertiary/aromatic N) is 6. The zero-order valence-corrected chi connectivity index (χ0v) is 19.9. The minimum absolute atomic E-state index is 0.0535. The van der Waals surface area contributed by atoms with E-state index in [2.05, 4.69) is 41.2 Å². The van der Waals surface area contributed by atoms with Crippen molar-refractivity contribution in [1.82, 2.24) is 24.1 Å². The molecule has 2 aromatic carbocycles. The standard InChI is InChI=1S/C27H28N6O2/c1-19-7-5-10-21(17-19)30-13-15-31(16-14-30)24(34)18-32-23-12-6-11-22(23)26(35)33-27(32)28-25(29-33)20-8-3-2-4-9-20/h2-5,7-10,17H,6,11-16,18H2,1H3. The van der Waals surface area contributed by atoms with Gasteiger partial charge in [-0.05, 0) is 43.9 Å². The van der Waals surface area contributed by atoms with Gasteiger partial charge in [0, 0.05) is 48.7 Å². The number of hydrogen-bond donors (Lipinski definition) is 0. The van der Waals surface area contributed by atoms with Crippen molar-refractivity contribution in [3.8, 4) is 11.4 Å². The van der Waals surface area contributed by atoms with Gasteiger partial charge in [-0.15, -0.1) is 5.10 Å². The Hall–Kier alpha value is -3.94. The van der Waals surface area contributed by atoms with Crippen LogP contribution in [0.3, 0.4) is 0 Å². The second-order valence-electron chi connectivity index (χ2n) is 9.39. The van der Waals surface area contributed by atoms with E-state index in [1.54, 1.807) is 0 Å². The summed E-state index contributed by atoms with van der Waals surface area (Å²) in [6.45, 7) is 5.22. The smallest absolute Gasteiger partial charge is 0.279 e. The maximum atomic E-state index is 13.4. The van der Waals surface area contributed by atoms with Crippen molar-refractivity contribution >= 4 is 17.4 Å². The summed E-state index contributed by atoms with van der Waals surface area (Å²) in [4.78, 5) is 35.5. The molecule has 1 saturated heterocycles. The van der Waals surface area contributed by atoms with Gasteiger partial charge in [-0.1, -0.05) is 42.5 Å². The van der Waals surface area contributed by atoms with Crippen molar-refractivity contribution in [1.29, 1.82) is 0 Å². The third kappa shape index (κ3) is 3.88. The van der Waals surface area contributed by atoms with Crippen molar-refractivity contribution in [2.75, 3.05) is 31.1 Å². The first-order valence-electron chi connectivity index (χ1n) is 12.2. The molecule has 35 heavy (non-hydrogen) atoms. The van der Waals surface area contributed by atoms with E-state index in [0.29, 0.717) is 31.1 Å². The van der Waals surface area contributed by atoms with E-state index in [0.717, 1.165) is 42.8 Å². The van der Waals surface area contributed by atoms with E-state index < -0.39 is 0 Å². The predicted molar refractivity (Wildman–Crippen MR) is 135 cm³/mol. The van der Waals surface area contributed by atoms with Crippen LogP contribution < -0.4 is 10.5 Å². The number of carbonyl (C=O) groups is 1. The van der Waals surface area contributed by atoms with Crippen LogP contribution in [0.2, 0.25) is 0 Å². The van der Waals surface area contributed by atoms with Gasteiger partial charge in [-0.2, -0.15) is 9.50 Å². The molecule has 0 radical (unpaired) electrons. The lowest BCUT2D eigenvalue weighted by Crippen LogP contribution is -2.49. The summed E-state index contributed by atoms with van der Waals surface area (Å²) < 4.78 is 3.31. The lowest BCUT2D eigenvalue weighted by Gasteiger charge is -2.36. The van der Waals surface area contributed by atoms with Gasteiger partial charge in [0.1, 0.15) is 6.54 Å². The lowest BCUT2D eigenvalue weighted by atomic mass is 10.2. The fourth-order valence-electron chi connectivity index (χ4n) is 5.27. The number of fused-ring (bicyclic) bond motifs is 2. The first kappa shape index (κ1) is 21.6. The van der Waals surface area contributed by atoms with Crippen molar-refractivity contribution in [2.24, 2.45) is 0 Å². The van der Waals surface area contributed by atoms with E-state index >= 15 is 0 Å². The van der Waals surface area contributed by atoms with E-state index in [1.807, 2.05) is 39.8 Å². The maximum Gasteiger partial charge on any atom is 0.279 e. The molecule has 2 aliphatic rings. The molecule has 2 aromatic heterocycles. The molecule has 1 aliphatic carbocycles. The van der Waals surface area contributed by atoms with Crippen molar-refractivity contribution < 1.29 is 4.79 Å². The molecule has 0 atom stereocenters. The topological polar surface area (TPSA) is 75.7 Å². The molecule has 3 heterocycles. The Morgan fingerprint density at radius 2 is 1.77 bits per heavy atom. The Morgan fingerprint density at radius 1 is 0.971 bits per heavy atom. The summed E-state index contributed by atoms with van der Waals surface area (Å²) in [5, 5.41) is 4.53. The van der Waals surface area contributed by atoms with E-state index in [9.17, 15) is 9.59 Å². The minimum Gasteiger partial charge on any atom is -0.368 e. The molecule has 1 fully saturated rings. The quantitative estimate of drug-likeness (QED) is 0.460. The van der Waals surface area contributed by atoms with E-state index in [-0.39, 0.29) is 18.0 Å². The third-order valence-electron chi connectivity index (χ3n) is 7.12. The fraction of sp³-hybridized carbons (Fsp3) is 0.333. The highest BCUT2D eigenvalue weighted by molar-refractivity contribution is 5.77. The molecule has 6 rings (SSSR count). The molecule has 0 spiro atoms. The summed E-state index contributed by atoms with van der Waals surface area (Å²) >= 11 is 0. The van der Waals surface area contributed by atoms with Crippen LogP contribution >= 0.6 is 0 Å². The Balaban J connectivity index is 1.28. The third-order valence-corrected chi connectivity index (χ3v) is 7.12. The summed E-state index contributed by atoms with van der Waals surface area (Å²) in [6, 6.07) is 18.1. The van der Waals surface area contributed by atoms with Crippen LogP contribution in [-0.2, 0) is 24.2 Å². The number of anilines is 1. The number of piperazine rings is 1. The highest BCUT2D eigenvalue weighted by Gasteiger charge is 2.27. The number of benzene rings is 2. The highest BCUT2D eigenvalue weighted by Crippen LogP contribution is 2.23. The van der Waals surface area contributed by atoms with Crippen LogP contribution in [0.25, 0.3) is 17.2 Å². The minimum atomic E-state index is -0.113. The average Bonchev–Trinajstić information content (AvgIpc) is 3.56. The van der Waals surface area contributed by atoms with Crippen LogP contribution in [0.15, 0.2) is 59.4 Å². The number of rotatable bonds is 4. The molecule has 0 N–H and O–H groups in total. The summed E-state index contributed by atoms with van der Waals surface area (Å²) in [5.74, 6) is 0.999. The van der Waals surface area contributed by atoms with Crippen molar-refractivity contribution in [2.45, 2.75) is 32.7 Å². The number of amides is 1. The first-order valence-corrected chi connectivity index (χ1v) is 12.2. The normalized spacial score (nSPS) is 15.6. The Kier molecular flexibility index (Phi) is 5.36. The van der Waals surface area contributed by atoms with Gasteiger partial charge in [0.25, 0.3) is 5.56 Å². The number of hydrogen-bond acceptors (Lipinski definition) is 5. The Labute approximate surface area is 203 Å². The zero-order valence-electron chi connectivity index (χ0n) is 19.9. The summed E-state index contributed by atoms with van der Waals surface area (Å²) in [7, 11) is 0. The highest BCUT2D eigenvalue weighted by atomic mass is 16.2. The number of aromatic nitrogens is 4. The molecule has 0 saturated carbocycles. The molecule has 1 aliphatic heterocycles. The number of aryl methyl sites for hydroxylation is 1. The van der Waals surface area contributed by atoms with E-state index in [4.69, 9.17) is 4.98 Å². The number of carbonyl (C=O) groups excluding carboxylic acids is 1. The predicted octanol–water partition coefficient (Wildman–Crippen LogP) is 2.70. The monoisotopic (exact) mass is 468 g/mol. The second kappa shape index (κ2) is 8.69. The SMILES string of the molecule is Cc1cccc(N2CCN(C(=O)Cn3c4c(c(=O)n5nc(-c6ccccc6)nc35)CCC4)CC2)c1. The van der Waals surface area contributed by atoms with Gasteiger partial charge >= 0.3 is 0 Å². The molecule has 0 bridgehead atoms. The summed E-state index contributed by atoms with van der Waals surface area (Å²) in [5.41, 5.74) is 4.87. The van der Waals surface area contributed by atoms with Crippen LogP contribution in [0.1, 0.15) is 23.2 Å². The molecular weight excluding hydrogens is 440 g/mol. The fourth-order valence-corrected chi connectivity index (χ4v) is 5.27. The molecule has 178 valence electrons. The van der Waals surface area contributed by atoms with Gasteiger partial charge in [-0.25, -0.2) is 0 Å². The lowest BCUT2D eigenvalue weighted by molar-refractivity contribution is -0.132. The maximum absolute atomic E-state index is 13.4. The largest absolute Gasteiger partial charge is 0.368 e. The van der Waals surface area contributed by atoms with Gasteiger partial charge in [-0.3, -0.25) is 9.59 Å². The Bertz CT molecular complexity index is 1460. The van der Waals surface area contributed by atoms with Crippen LogP contribution in [0.4, 0.5) is 5.69 Å². The van der Waals surface area contributed by atoms with Gasteiger partial charge in [0.15, 0.2) is 5.82 Å². The van der Waals surface area contributed by atoms with Gasteiger partial charge in [0.05, 0.1) is 0 Å². The molecule has 0 unspecified atom stereocenters. The van der Waals surface area contributed by atoms with E-state index in [1.165, 1.54) is 15.8 Å². The van der Waals surface area contributed by atoms with Gasteiger partial charge in [0.2, 0.25) is 11.7 Å². The molecule has 4 aromatic rings. The van der Waals surface area contributed by atoms with Crippen LogP contribution in [0.5, 0.6) is 0 Å². The van der Waals surface area contributed by atoms with Gasteiger partial charge < -0.3 is 14.4 Å². The zero-order chi connectivity index (χ0) is 23.9. The average molecular weight is 469 g/mol. The second-order valence-corrected chi connectivity index (χ2v) is 9.39. The van der Waals surface area contributed by atoms with Crippen LogP contribution in [-0.4, -0.2) is 56.2 Å². The first-order chi connectivity index (χ1) is 17.1. The van der Waals surface area contributed by atoms with Crippen molar-refractivity contribution in [3.63, 3.8) is 0 Å². The molecule has 1 amide bonds. The molecule has 8 nitrogen and oxygen atoms in total. The van der Waals surface area contributed by atoms with Crippen LogP contribution in [0, 0.1) is 6.92 Å². The molecular formula is C27H28N6O2.